The minimum absolute atomic E-state index is 0.260. The van der Waals surface area contributed by atoms with Crippen molar-refractivity contribution in [2.75, 3.05) is 25.4 Å². The van der Waals surface area contributed by atoms with Gasteiger partial charge in [0.15, 0.2) is 23.0 Å². The van der Waals surface area contributed by atoms with E-state index in [-0.39, 0.29) is 6.79 Å². The normalized spacial score (nSPS) is 14.5. The van der Waals surface area contributed by atoms with Gasteiger partial charge in [0.2, 0.25) is 11.9 Å². The highest BCUT2D eigenvalue weighted by molar-refractivity contribution is 7.14. The summed E-state index contributed by atoms with van der Waals surface area (Å²) < 4.78 is 21.8. The van der Waals surface area contributed by atoms with Gasteiger partial charge in [-0.2, -0.15) is 5.10 Å². The van der Waals surface area contributed by atoms with Crippen LogP contribution in [0.3, 0.4) is 0 Å². The summed E-state index contributed by atoms with van der Waals surface area (Å²) in [6, 6.07) is 11.5. The Morgan fingerprint density at radius 1 is 0.926 bits per heavy atom. The first kappa shape index (κ1) is 16.0. The Morgan fingerprint density at radius 3 is 2.67 bits per heavy atom. The molecule has 0 amide bonds. The predicted octanol–water partition coefficient (Wildman–Crippen LogP) is 3.76. The van der Waals surface area contributed by atoms with Crippen LogP contribution in [-0.4, -0.2) is 31.2 Å². The molecule has 2 aliphatic heterocycles. The van der Waals surface area contributed by atoms with Crippen LogP contribution in [0, 0.1) is 0 Å². The van der Waals surface area contributed by atoms with E-state index in [1.807, 2.05) is 41.8 Å². The van der Waals surface area contributed by atoms with Crippen LogP contribution in [0.5, 0.6) is 23.0 Å². The molecule has 7 nitrogen and oxygen atoms in total. The van der Waals surface area contributed by atoms with E-state index in [1.165, 1.54) is 11.3 Å². The Hall–Kier alpha value is -3.26. The van der Waals surface area contributed by atoms with E-state index in [9.17, 15) is 0 Å². The lowest BCUT2D eigenvalue weighted by Gasteiger charge is -2.18. The molecular formula is C19H15N3O4S. The number of nitrogens with zero attached hydrogens (tertiary/aromatic N) is 2. The van der Waals surface area contributed by atoms with E-state index in [0.29, 0.717) is 18.3 Å². The van der Waals surface area contributed by atoms with Gasteiger partial charge in [-0.25, -0.2) is 4.98 Å². The first-order chi connectivity index (χ1) is 13.3. The first-order valence-electron chi connectivity index (χ1n) is 8.39. The van der Waals surface area contributed by atoms with E-state index in [2.05, 4.69) is 15.5 Å². The van der Waals surface area contributed by atoms with Crippen LogP contribution in [0.1, 0.15) is 5.56 Å². The fourth-order valence-electron chi connectivity index (χ4n) is 2.82. The van der Waals surface area contributed by atoms with Gasteiger partial charge < -0.3 is 18.9 Å². The van der Waals surface area contributed by atoms with Gasteiger partial charge >= 0.3 is 0 Å². The molecule has 0 bridgehead atoms. The third kappa shape index (κ3) is 3.26. The third-order valence-corrected chi connectivity index (χ3v) is 4.86. The van der Waals surface area contributed by atoms with E-state index >= 15 is 0 Å². The molecule has 0 aliphatic carbocycles. The second kappa shape index (κ2) is 6.81. The van der Waals surface area contributed by atoms with Crippen molar-refractivity contribution in [3.8, 4) is 34.3 Å². The van der Waals surface area contributed by atoms with Gasteiger partial charge in [-0.3, -0.25) is 5.43 Å². The summed E-state index contributed by atoms with van der Waals surface area (Å²) in [7, 11) is 0. The molecular weight excluding hydrogens is 366 g/mol. The van der Waals surface area contributed by atoms with Crippen molar-refractivity contribution >= 4 is 22.7 Å². The number of fused-ring (bicyclic) bond motifs is 2. The Labute approximate surface area is 159 Å². The van der Waals surface area contributed by atoms with Gasteiger partial charge in [0, 0.05) is 10.9 Å². The third-order valence-electron chi connectivity index (χ3n) is 4.11. The highest BCUT2D eigenvalue weighted by Crippen LogP contribution is 2.35. The summed E-state index contributed by atoms with van der Waals surface area (Å²) in [6.07, 6.45) is 1.72. The van der Waals surface area contributed by atoms with Crippen LogP contribution in [0.25, 0.3) is 11.3 Å². The van der Waals surface area contributed by atoms with Crippen molar-refractivity contribution in [1.29, 1.82) is 0 Å². The van der Waals surface area contributed by atoms with Gasteiger partial charge in [0.05, 0.1) is 11.9 Å². The number of ether oxygens (including phenoxy) is 4. The molecule has 0 saturated heterocycles. The van der Waals surface area contributed by atoms with Crippen LogP contribution in [0.4, 0.5) is 5.13 Å². The van der Waals surface area contributed by atoms with Gasteiger partial charge in [-0.05, 0) is 42.0 Å². The molecule has 136 valence electrons. The quantitative estimate of drug-likeness (QED) is 0.548. The van der Waals surface area contributed by atoms with Crippen LogP contribution < -0.4 is 24.4 Å². The van der Waals surface area contributed by atoms with Gasteiger partial charge in [-0.1, -0.05) is 0 Å². The number of aromatic nitrogens is 1. The number of hydrogen-bond acceptors (Lipinski definition) is 8. The van der Waals surface area contributed by atoms with E-state index < -0.39 is 0 Å². The lowest BCUT2D eigenvalue weighted by atomic mass is 10.1. The van der Waals surface area contributed by atoms with Crippen LogP contribution in [-0.2, 0) is 0 Å². The maximum atomic E-state index is 5.63. The largest absolute Gasteiger partial charge is 0.486 e. The Bertz CT molecular complexity index is 1020. The average Bonchev–Trinajstić information content (AvgIpc) is 3.37. The maximum Gasteiger partial charge on any atom is 0.231 e. The number of nitrogens with one attached hydrogen (secondary N) is 1. The molecule has 5 rings (SSSR count). The number of rotatable bonds is 4. The lowest BCUT2D eigenvalue weighted by Crippen LogP contribution is -2.15. The second-order valence-electron chi connectivity index (χ2n) is 5.88. The first-order valence-corrected chi connectivity index (χ1v) is 9.27. The molecule has 8 heteroatoms. The number of hydrogen-bond donors (Lipinski definition) is 1. The molecule has 0 fully saturated rings. The summed E-state index contributed by atoms with van der Waals surface area (Å²) >= 11 is 1.48. The van der Waals surface area contributed by atoms with E-state index in [4.69, 9.17) is 18.9 Å². The molecule has 0 radical (unpaired) electrons. The molecule has 2 aliphatic rings. The van der Waals surface area contributed by atoms with Crippen molar-refractivity contribution in [3.05, 3.63) is 47.3 Å². The van der Waals surface area contributed by atoms with Crippen molar-refractivity contribution in [2.24, 2.45) is 5.10 Å². The van der Waals surface area contributed by atoms with Crippen molar-refractivity contribution < 1.29 is 18.9 Å². The molecule has 0 spiro atoms. The maximum absolute atomic E-state index is 5.63. The molecule has 1 aromatic heterocycles. The molecule has 0 atom stereocenters. The zero-order valence-corrected chi connectivity index (χ0v) is 15.0. The summed E-state index contributed by atoms with van der Waals surface area (Å²) in [6.45, 7) is 1.41. The van der Waals surface area contributed by atoms with Crippen LogP contribution in [0.2, 0.25) is 0 Å². The molecule has 0 unspecified atom stereocenters. The molecule has 1 N–H and O–H groups in total. The standard InChI is InChI=1S/C19H15N3O4S/c1-3-16-17(26-11-25-16)7-12(1)9-20-22-19-21-14(10-27-19)13-2-4-15-18(8-13)24-6-5-23-15/h1-4,7-10H,5-6,11H2,(H,21,22)/b20-9-. The summed E-state index contributed by atoms with van der Waals surface area (Å²) in [5.41, 5.74) is 5.71. The minimum Gasteiger partial charge on any atom is -0.486 e. The van der Waals surface area contributed by atoms with E-state index in [0.717, 1.165) is 39.8 Å². The Balaban J connectivity index is 1.28. The van der Waals surface area contributed by atoms with Crippen LogP contribution >= 0.6 is 11.3 Å². The number of benzene rings is 2. The zero-order chi connectivity index (χ0) is 18.1. The van der Waals surface area contributed by atoms with E-state index in [1.54, 1.807) is 6.21 Å². The Morgan fingerprint density at radius 2 is 1.70 bits per heavy atom. The van der Waals surface area contributed by atoms with Gasteiger partial charge in [0.1, 0.15) is 13.2 Å². The smallest absolute Gasteiger partial charge is 0.231 e. The van der Waals surface area contributed by atoms with Crippen molar-refractivity contribution in [2.45, 2.75) is 0 Å². The Kier molecular flexibility index (Phi) is 4.02. The predicted molar refractivity (Wildman–Crippen MR) is 102 cm³/mol. The molecule has 27 heavy (non-hydrogen) atoms. The highest BCUT2D eigenvalue weighted by Gasteiger charge is 2.14. The minimum atomic E-state index is 0.260. The summed E-state index contributed by atoms with van der Waals surface area (Å²) in [5.74, 6) is 3.01. The SMILES string of the molecule is C(=N/Nc1nc(-c2ccc3c(c2)OCCO3)cs1)/c1ccc2c(c1)OCO2. The fraction of sp³-hybridized carbons (Fsp3) is 0.158. The van der Waals surface area contributed by atoms with Crippen LogP contribution in [0.15, 0.2) is 46.9 Å². The highest BCUT2D eigenvalue weighted by atomic mass is 32.1. The molecule has 0 saturated carbocycles. The summed E-state index contributed by atoms with van der Waals surface area (Å²) in [5, 5.41) is 6.93. The number of thiazole rings is 1. The zero-order valence-electron chi connectivity index (χ0n) is 14.2. The molecule has 3 heterocycles. The molecule has 2 aromatic carbocycles. The van der Waals surface area contributed by atoms with Gasteiger partial charge in [-0.15, -0.1) is 11.3 Å². The topological polar surface area (TPSA) is 74.2 Å². The van der Waals surface area contributed by atoms with Crippen molar-refractivity contribution in [1.82, 2.24) is 4.98 Å². The average molecular weight is 381 g/mol. The van der Waals surface area contributed by atoms with Crippen molar-refractivity contribution in [3.63, 3.8) is 0 Å². The fourth-order valence-corrected chi connectivity index (χ4v) is 3.48. The lowest BCUT2D eigenvalue weighted by molar-refractivity contribution is 0.171. The summed E-state index contributed by atoms with van der Waals surface area (Å²) in [4.78, 5) is 4.57. The number of anilines is 1. The molecule has 3 aromatic rings. The number of hydrazone groups is 1. The monoisotopic (exact) mass is 381 g/mol. The van der Waals surface area contributed by atoms with Gasteiger partial charge in [0.25, 0.3) is 0 Å². The second-order valence-corrected chi connectivity index (χ2v) is 6.74.